The van der Waals surface area contributed by atoms with E-state index in [1.807, 2.05) is 0 Å². The molecule has 1 unspecified atom stereocenters. The van der Waals surface area contributed by atoms with Gasteiger partial charge in [0.1, 0.15) is 10.8 Å². The first-order valence-corrected chi connectivity index (χ1v) is 14.9. The normalized spacial score (nSPS) is 21.0. The van der Waals surface area contributed by atoms with Gasteiger partial charge in [0.2, 0.25) is 0 Å². The second-order valence-corrected chi connectivity index (χ2v) is 12.8. The maximum atomic E-state index is 14.4. The maximum Gasteiger partial charge on any atom is 0.329 e. The summed E-state index contributed by atoms with van der Waals surface area (Å²) in [4.78, 5) is 12.9. The van der Waals surface area contributed by atoms with Gasteiger partial charge in [0, 0.05) is 36.2 Å². The van der Waals surface area contributed by atoms with Crippen molar-refractivity contribution in [1.82, 2.24) is 14.1 Å². The summed E-state index contributed by atoms with van der Waals surface area (Å²) in [6, 6.07) is 3.61. The van der Waals surface area contributed by atoms with Crippen molar-refractivity contribution in [2.45, 2.75) is 30.7 Å². The van der Waals surface area contributed by atoms with Crippen LogP contribution in [0.3, 0.4) is 0 Å². The highest BCUT2D eigenvalue weighted by Crippen LogP contribution is 2.31. The summed E-state index contributed by atoms with van der Waals surface area (Å²) < 4.78 is 87.3. The second-order valence-electron chi connectivity index (χ2n) is 8.77. The topological polar surface area (TPSA) is 138 Å². The molecule has 0 bridgehead atoms. The number of rotatable bonds is 8. The molecular formula is C22H24ClF3N6O5S2. The molecule has 0 radical (unpaired) electrons. The van der Waals surface area contributed by atoms with Crippen molar-refractivity contribution in [2.75, 3.05) is 48.2 Å². The standard InChI is InChI=1S/C22H24ClF3N6O5S2/c23-20-18(28-11-16-13-37-7-8-38(16)34)12-29-31(21(20)33)15-3-5-30(6-4-15)39(35,36)32(22(25)26)19-2-1-14(10-27)9-17(19)24/h1-2,9,12,15-16,22,28H,3-8,11,13H2/t16-,38?/m1/s1. The minimum absolute atomic E-state index is 0.0561. The molecule has 0 amide bonds. The molecule has 0 saturated carbocycles. The van der Waals surface area contributed by atoms with Gasteiger partial charge in [-0.05, 0) is 31.0 Å². The van der Waals surface area contributed by atoms with Gasteiger partial charge < -0.3 is 10.1 Å². The number of benzene rings is 1. The van der Waals surface area contributed by atoms with E-state index in [0.29, 0.717) is 25.0 Å². The molecule has 2 fully saturated rings. The molecule has 1 N–H and O–H groups in total. The van der Waals surface area contributed by atoms with Gasteiger partial charge in [0.25, 0.3) is 5.56 Å². The molecule has 4 rings (SSSR count). The molecule has 2 atom stereocenters. The van der Waals surface area contributed by atoms with Crippen molar-refractivity contribution >= 4 is 44.0 Å². The third-order valence-corrected chi connectivity index (χ3v) is 10.3. The zero-order chi connectivity index (χ0) is 28.3. The number of hydrogen-bond acceptors (Lipinski definition) is 8. The van der Waals surface area contributed by atoms with Crippen molar-refractivity contribution in [3.05, 3.63) is 51.2 Å². The number of nitriles is 1. The van der Waals surface area contributed by atoms with Crippen LogP contribution in [0.4, 0.5) is 24.5 Å². The molecule has 2 saturated heterocycles. The summed E-state index contributed by atoms with van der Waals surface area (Å²) >= 11 is 6.26. The van der Waals surface area contributed by atoms with E-state index in [-0.39, 0.29) is 58.3 Å². The van der Waals surface area contributed by atoms with Crippen molar-refractivity contribution in [1.29, 1.82) is 5.26 Å². The average molecular weight is 609 g/mol. The van der Waals surface area contributed by atoms with Crippen LogP contribution in [0.1, 0.15) is 24.4 Å². The minimum atomic E-state index is -4.86. The first-order valence-electron chi connectivity index (χ1n) is 11.8. The molecule has 2 aromatic rings. The van der Waals surface area contributed by atoms with Gasteiger partial charge in [0.15, 0.2) is 0 Å². The lowest BCUT2D eigenvalue weighted by Crippen LogP contribution is -2.50. The Kier molecular flexibility index (Phi) is 9.17. The number of alkyl halides is 2. The van der Waals surface area contributed by atoms with E-state index < -0.39 is 50.7 Å². The summed E-state index contributed by atoms with van der Waals surface area (Å²) in [5.74, 6) is -0.861. The molecule has 39 heavy (non-hydrogen) atoms. The summed E-state index contributed by atoms with van der Waals surface area (Å²) in [7, 11) is -5.93. The highest BCUT2D eigenvalue weighted by molar-refractivity contribution is 7.90. The third kappa shape index (κ3) is 6.22. The molecular weight excluding hydrogens is 585 g/mol. The van der Waals surface area contributed by atoms with Gasteiger partial charge >= 0.3 is 16.8 Å². The van der Waals surface area contributed by atoms with Crippen molar-refractivity contribution in [3.8, 4) is 6.07 Å². The highest BCUT2D eigenvalue weighted by atomic mass is 35.5. The third-order valence-electron chi connectivity index (χ3n) is 6.40. The first-order chi connectivity index (χ1) is 18.5. The fourth-order valence-corrected chi connectivity index (χ4v) is 7.18. The van der Waals surface area contributed by atoms with Crippen LogP contribution in [0.2, 0.25) is 5.02 Å². The summed E-state index contributed by atoms with van der Waals surface area (Å²) in [6.07, 6.45) is 1.45. The van der Waals surface area contributed by atoms with E-state index in [2.05, 4.69) is 10.4 Å². The predicted molar refractivity (Wildman–Crippen MR) is 138 cm³/mol. The fraction of sp³-hybridized carbons (Fsp3) is 0.500. The Hall–Kier alpha value is -2.71. The van der Waals surface area contributed by atoms with Crippen LogP contribution >= 0.6 is 11.6 Å². The molecule has 0 aliphatic carbocycles. The number of aromatic nitrogens is 2. The quantitative estimate of drug-likeness (QED) is 0.450. The van der Waals surface area contributed by atoms with Crippen LogP contribution in [0, 0.1) is 17.1 Å². The molecule has 17 heteroatoms. The lowest BCUT2D eigenvalue weighted by atomic mass is 10.1. The summed E-state index contributed by atoms with van der Waals surface area (Å²) in [6.45, 7) is -3.08. The molecule has 1 aromatic heterocycles. The predicted octanol–water partition coefficient (Wildman–Crippen LogP) is 2.08. The largest absolute Gasteiger partial charge is 0.381 e. The summed E-state index contributed by atoms with van der Waals surface area (Å²) in [5.41, 5.74) is -1.42. The lowest BCUT2D eigenvalue weighted by molar-refractivity contribution is 0.142. The van der Waals surface area contributed by atoms with Crippen molar-refractivity contribution in [3.63, 3.8) is 0 Å². The number of piperidine rings is 1. The summed E-state index contributed by atoms with van der Waals surface area (Å²) in [5, 5.41) is 15.6. The van der Waals surface area contributed by atoms with Gasteiger partial charge in [-0.2, -0.15) is 36.2 Å². The monoisotopic (exact) mass is 608 g/mol. The Labute approximate surface area is 229 Å². The van der Waals surface area contributed by atoms with Crippen LogP contribution in [0.5, 0.6) is 0 Å². The Morgan fingerprint density at radius 3 is 2.67 bits per heavy atom. The SMILES string of the molecule is N#Cc1ccc(N(C(F)F)S(=O)(=O)N2CCC(n3ncc(NC[C@@H]4COCCS4=O)c(Cl)c3=O)CC2)c(F)c1. The number of nitrogens with zero attached hydrogens (tertiary/aromatic N) is 5. The number of nitrogens with one attached hydrogen (secondary N) is 1. The van der Waals surface area contributed by atoms with E-state index in [0.717, 1.165) is 21.1 Å². The Morgan fingerprint density at radius 2 is 2.05 bits per heavy atom. The number of hydrogen-bond donors (Lipinski definition) is 1. The second kappa shape index (κ2) is 12.2. The van der Waals surface area contributed by atoms with Gasteiger partial charge in [-0.1, -0.05) is 11.6 Å². The molecule has 1 aromatic carbocycles. The lowest BCUT2D eigenvalue weighted by Gasteiger charge is -2.35. The van der Waals surface area contributed by atoms with E-state index in [9.17, 15) is 30.6 Å². The van der Waals surface area contributed by atoms with Crippen LogP contribution in [-0.2, 0) is 25.7 Å². The van der Waals surface area contributed by atoms with E-state index in [1.165, 1.54) is 6.20 Å². The number of ether oxygens (including phenoxy) is 1. The zero-order valence-corrected chi connectivity index (χ0v) is 22.7. The van der Waals surface area contributed by atoms with E-state index >= 15 is 0 Å². The fourth-order valence-electron chi connectivity index (χ4n) is 4.33. The Balaban J connectivity index is 1.45. The van der Waals surface area contributed by atoms with Crippen LogP contribution in [0.25, 0.3) is 0 Å². The molecule has 11 nitrogen and oxygen atoms in total. The minimum Gasteiger partial charge on any atom is -0.381 e. The van der Waals surface area contributed by atoms with Crippen LogP contribution < -0.4 is 15.2 Å². The molecule has 2 aliphatic rings. The van der Waals surface area contributed by atoms with Gasteiger partial charge in [0.05, 0.1) is 53.7 Å². The molecule has 212 valence electrons. The number of halogens is 4. The van der Waals surface area contributed by atoms with Crippen LogP contribution in [-0.4, -0.2) is 77.1 Å². The first kappa shape index (κ1) is 29.3. The Bertz CT molecular complexity index is 1450. The molecule has 0 spiro atoms. The van der Waals surface area contributed by atoms with Gasteiger partial charge in [-0.3, -0.25) is 9.00 Å². The van der Waals surface area contributed by atoms with E-state index in [1.54, 1.807) is 6.07 Å². The highest BCUT2D eigenvalue weighted by Gasteiger charge is 2.39. The zero-order valence-electron chi connectivity index (χ0n) is 20.3. The Morgan fingerprint density at radius 1 is 1.33 bits per heavy atom. The smallest absolute Gasteiger partial charge is 0.329 e. The van der Waals surface area contributed by atoms with Gasteiger partial charge in [-0.15, -0.1) is 0 Å². The van der Waals surface area contributed by atoms with Crippen molar-refractivity contribution < 1.29 is 30.5 Å². The molecule has 2 aliphatic heterocycles. The van der Waals surface area contributed by atoms with Gasteiger partial charge in [-0.25, -0.2) is 9.07 Å². The average Bonchev–Trinajstić information content (AvgIpc) is 2.91. The maximum absolute atomic E-state index is 14.4. The van der Waals surface area contributed by atoms with Crippen molar-refractivity contribution in [2.24, 2.45) is 0 Å². The number of anilines is 2. The van der Waals surface area contributed by atoms with Crippen LogP contribution in [0.15, 0.2) is 29.2 Å². The van der Waals surface area contributed by atoms with E-state index in [4.69, 9.17) is 21.6 Å². The molecule has 3 heterocycles.